The number of hydrogen-bond donors (Lipinski definition) is 0. The van der Waals surface area contributed by atoms with Crippen molar-refractivity contribution in [3.05, 3.63) is 29.6 Å². The standard InChI is InChI=1S/C12H14F4O/c1-3-8(4-2)9-5-6-11(10(13)7-9)17-12(14,15)16/h5-8H,3-4H2,1-2H3. The third-order valence-electron chi connectivity index (χ3n) is 2.64. The summed E-state index contributed by atoms with van der Waals surface area (Å²) in [6.45, 7) is 3.90. The van der Waals surface area contributed by atoms with E-state index in [1.54, 1.807) is 0 Å². The highest BCUT2D eigenvalue weighted by atomic mass is 19.4. The molecule has 1 aromatic rings. The van der Waals surface area contributed by atoms with Crippen molar-refractivity contribution in [2.75, 3.05) is 0 Å². The lowest BCUT2D eigenvalue weighted by atomic mass is 9.94. The molecular formula is C12H14F4O. The van der Waals surface area contributed by atoms with Crippen LogP contribution >= 0.6 is 0 Å². The summed E-state index contributed by atoms with van der Waals surface area (Å²) in [6.07, 6.45) is -3.23. The van der Waals surface area contributed by atoms with Crippen LogP contribution in [0.5, 0.6) is 5.75 Å². The van der Waals surface area contributed by atoms with Crippen LogP contribution in [0.25, 0.3) is 0 Å². The van der Waals surface area contributed by atoms with Crippen molar-refractivity contribution in [2.24, 2.45) is 0 Å². The first-order valence-corrected chi connectivity index (χ1v) is 5.42. The zero-order valence-electron chi connectivity index (χ0n) is 9.64. The van der Waals surface area contributed by atoms with Crippen molar-refractivity contribution in [3.8, 4) is 5.75 Å². The van der Waals surface area contributed by atoms with Crippen LogP contribution in [-0.4, -0.2) is 6.36 Å². The van der Waals surface area contributed by atoms with Crippen LogP contribution in [0.4, 0.5) is 17.6 Å². The molecule has 0 radical (unpaired) electrons. The second-order valence-corrected chi connectivity index (χ2v) is 3.75. The molecule has 0 aromatic heterocycles. The molecular weight excluding hydrogens is 236 g/mol. The van der Waals surface area contributed by atoms with E-state index in [2.05, 4.69) is 4.74 Å². The SMILES string of the molecule is CCC(CC)c1ccc(OC(F)(F)F)c(F)c1. The van der Waals surface area contributed by atoms with Crippen LogP contribution in [0.3, 0.4) is 0 Å². The minimum atomic E-state index is -4.86. The molecule has 0 aliphatic heterocycles. The van der Waals surface area contributed by atoms with Crippen molar-refractivity contribution in [3.63, 3.8) is 0 Å². The number of ether oxygens (including phenoxy) is 1. The van der Waals surface area contributed by atoms with Crippen LogP contribution in [0.15, 0.2) is 18.2 Å². The molecule has 0 aliphatic carbocycles. The predicted molar refractivity (Wildman–Crippen MR) is 56.4 cm³/mol. The van der Waals surface area contributed by atoms with Gasteiger partial charge in [-0.2, -0.15) is 0 Å². The molecule has 1 nitrogen and oxygen atoms in total. The monoisotopic (exact) mass is 250 g/mol. The van der Waals surface area contributed by atoms with Gasteiger partial charge in [-0.1, -0.05) is 19.9 Å². The summed E-state index contributed by atoms with van der Waals surface area (Å²) < 4.78 is 52.7. The molecule has 0 bridgehead atoms. The zero-order chi connectivity index (χ0) is 13.1. The maximum absolute atomic E-state index is 13.4. The third-order valence-corrected chi connectivity index (χ3v) is 2.64. The Bertz CT molecular complexity index is 369. The Morgan fingerprint density at radius 3 is 2.18 bits per heavy atom. The minimum absolute atomic E-state index is 0.157. The number of halogens is 4. The van der Waals surface area contributed by atoms with E-state index in [1.165, 1.54) is 6.07 Å². The molecule has 0 spiro atoms. The maximum Gasteiger partial charge on any atom is 0.573 e. The average molecular weight is 250 g/mol. The second-order valence-electron chi connectivity index (χ2n) is 3.75. The van der Waals surface area contributed by atoms with Crippen molar-refractivity contribution >= 4 is 0 Å². The molecule has 0 unspecified atom stereocenters. The van der Waals surface area contributed by atoms with Gasteiger partial charge >= 0.3 is 6.36 Å². The Hall–Kier alpha value is -1.26. The van der Waals surface area contributed by atoms with E-state index < -0.39 is 17.9 Å². The van der Waals surface area contributed by atoms with Crippen molar-refractivity contribution < 1.29 is 22.3 Å². The zero-order valence-corrected chi connectivity index (χ0v) is 9.64. The Balaban J connectivity index is 2.93. The van der Waals surface area contributed by atoms with Crippen LogP contribution in [0, 0.1) is 5.82 Å². The number of alkyl halides is 3. The fraction of sp³-hybridized carbons (Fsp3) is 0.500. The van der Waals surface area contributed by atoms with E-state index in [-0.39, 0.29) is 5.92 Å². The summed E-state index contributed by atoms with van der Waals surface area (Å²) in [5.74, 6) is -1.61. The van der Waals surface area contributed by atoms with E-state index >= 15 is 0 Å². The van der Waals surface area contributed by atoms with E-state index in [9.17, 15) is 17.6 Å². The normalized spacial score (nSPS) is 11.9. The number of benzene rings is 1. The molecule has 0 atom stereocenters. The fourth-order valence-electron chi connectivity index (χ4n) is 1.74. The van der Waals surface area contributed by atoms with E-state index in [1.807, 2.05) is 13.8 Å². The van der Waals surface area contributed by atoms with E-state index in [4.69, 9.17) is 0 Å². The lowest BCUT2D eigenvalue weighted by Crippen LogP contribution is -2.18. The highest BCUT2D eigenvalue weighted by Gasteiger charge is 2.32. The fourth-order valence-corrected chi connectivity index (χ4v) is 1.74. The summed E-state index contributed by atoms with van der Waals surface area (Å²) >= 11 is 0. The maximum atomic E-state index is 13.4. The van der Waals surface area contributed by atoms with Gasteiger partial charge in [-0.05, 0) is 36.5 Å². The summed E-state index contributed by atoms with van der Waals surface area (Å²) in [6, 6.07) is 3.61. The molecule has 17 heavy (non-hydrogen) atoms. The Kier molecular flexibility index (Phi) is 4.37. The van der Waals surface area contributed by atoms with Gasteiger partial charge in [0.1, 0.15) is 0 Å². The summed E-state index contributed by atoms with van der Waals surface area (Å²) in [5.41, 5.74) is 0.696. The first-order valence-electron chi connectivity index (χ1n) is 5.42. The van der Waals surface area contributed by atoms with Gasteiger partial charge in [0.25, 0.3) is 0 Å². The lowest BCUT2D eigenvalue weighted by Gasteiger charge is -2.15. The molecule has 96 valence electrons. The Labute approximate surface area is 97.4 Å². The molecule has 0 fully saturated rings. The van der Waals surface area contributed by atoms with Gasteiger partial charge in [-0.25, -0.2) is 4.39 Å². The molecule has 5 heteroatoms. The Morgan fingerprint density at radius 2 is 1.76 bits per heavy atom. The predicted octanol–water partition coefficient (Wildman–Crippen LogP) is 4.63. The second kappa shape index (κ2) is 5.38. The molecule has 0 saturated heterocycles. The van der Waals surface area contributed by atoms with Gasteiger partial charge in [0, 0.05) is 0 Å². The van der Waals surface area contributed by atoms with Crippen LogP contribution in [-0.2, 0) is 0 Å². The first-order chi connectivity index (χ1) is 7.87. The quantitative estimate of drug-likeness (QED) is 0.708. The average Bonchev–Trinajstić information content (AvgIpc) is 2.22. The minimum Gasteiger partial charge on any atom is -0.403 e. The van der Waals surface area contributed by atoms with Crippen molar-refractivity contribution in [2.45, 2.75) is 39.0 Å². The van der Waals surface area contributed by atoms with Crippen molar-refractivity contribution in [1.82, 2.24) is 0 Å². The van der Waals surface area contributed by atoms with Crippen LogP contribution < -0.4 is 4.74 Å². The molecule has 0 aliphatic rings. The summed E-state index contributed by atoms with van der Waals surface area (Å²) in [4.78, 5) is 0. The van der Waals surface area contributed by atoms with E-state index in [0.29, 0.717) is 5.56 Å². The first kappa shape index (κ1) is 13.8. The molecule has 0 amide bonds. The van der Waals surface area contributed by atoms with Gasteiger partial charge in [0.2, 0.25) is 0 Å². The van der Waals surface area contributed by atoms with Gasteiger partial charge in [-0.15, -0.1) is 13.2 Å². The van der Waals surface area contributed by atoms with Crippen molar-refractivity contribution in [1.29, 1.82) is 0 Å². The van der Waals surface area contributed by atoms with Gasteiger partial charge in [-0.3, -0.25) is 0 Å². The number of rotatable bonds is 4. The molecule has 1 rings (SSSR count). The van der Waals surface area contributed by atoms with E-state index in [0.717, 1.165) is 25.0 Å². The molecule has 0 N–H and O–H groups in total. The number of hydrogen-bond acceptors (Lipinski definition) is 1. The van der Waals surface area contributed by atoms with Gasteiger partial charge < -0.3 is 4.74 Å². The van der Waals surface area contributed by atoms with Crippen LogP contribution in [0.2, 0.25) is 0 Å². The highest BCUT2D eigenvalue weighted by molar-refractivity contribution is 5.31. The third kappa shape index (κ3) is 3.91. The molecule has 0 heterocycles. The Morgan fingerprint density at radius 1 is 1.18 bits per heavy atom. The molecule has 0 saturated carbocycles. The topological polar surface area (TPSA) is 9.23 Å². The highest BCUT2D eigenvalue weighted by Crippen LogP contribution is 2.30. The van der Waals surface area contributed by atoms with Crippen LogP contribution in [0.1, 0.15) is 38.2 Å². The summed E-state index contributed by atoms with van der Waals surface area (Å²) in [7, 11) is 0. The smallest absolute Gasteiger partial charge is 0.403 e. The largest absolute Gasteiger partial charge is 0.573 e. The summed E-state index contributed by atoms with van der Waals surface area (Å²) in [5, 5.41) is 0. The molecule has 1 aromatic carbocycles. The lowest BCUT2D eigenvalue weighted by molar-refractivity contribution is -0.275. The van der Waals surface area contributed by atoms with Gasteiger partial charge in [0.05, 0.1) is 0 Å². The van der Waals surface area contributed by atoms with Gasteiger partial charge in [0.15, 0.2) is 11.6 Å².